The van der Waals surface area contributed by atoms with Crippen molar-refractivity contribution in [3.05, 3.63) is 29.8 Å². The first-order valence-corrected chi connectivity index (χ1v) is 8.08. The van der Waals surface area contributed by atoms with Gasteiger partial charge in [-0.25, -0.2) is 0 Å². The van der Waals surface area contributed by atoms with Gasteiger partial charge in [-0.15, -0.1) is 0 Å². The van der Waals surface area contributed by atoms with Crippen molar-refractivity contribution in [2.75, 3.05) is 46.9 Å². The molecule has 6 nitrogen and oxygen atoms in total. The van der Waals surface area contributed by atoms with E-state index < -0.39 is 0 Å². The Balaban J connectivity index is 1.62. The third-order valence-corrected chi connectivity index (χ3v) is 4.22. The van der Waals surface area contributed by atoms with E-state index >= 15 is 0 Å². The number of benzene rings is 1. The normalized spacial score (nSPS) is 17.8. The molecule has 0 bridgehead atoms. The van der Waals surface area contributed by atoms with Crippen LogP contribution in [0.1, 0.15) is 12.0 Å². The van der Waals surface area contributed by atoms with Crippen molar-refractivity contribution in [1.29, 1.82) is 0 Å². The summed E-state index contributed by atoms with van der Waals surface area (Å²) < 4.78 is 5.12. The molecular formula is C17H27N3O3. The molecule has 1 N–H and O–H groups in total. The van der Waals surface area contributed by atoms with Gasteiger partial charge >= 0.3 is 0 Å². The third-order valence-electron chi connectivity index (χ3n) is 4.22. The Kier molecular flexibility index (Phi) is 7.48. The van der Waals surface area contributed by atoms with Crippen LogP contribution < -0.4 is 10.2 Å². The van der Waals surface area contributed by atoms with Gasteiger partial charge in [0.05, 0.1) is 19.8 Å². The molecule has 0 radical (unpaired) electrons. The standard InChI is InChI=1S/C17H27N3O3/c1-19-8-10-20(11-9-19)16(14-21)7-12-23-18-13-15-3-5-17(22-2)6-4-15/h3-6,14,16,18H,7-13H2,1-2H3. The number of ether oxygens (including phenoxy) is 1. The van der Waals surface area contributed by atoms with Gasteiger partial charge in [-0.1, -0.05) is 12.1 Å². The molecule has 0 spiro atoms. The second-order valence-corrected chi connectivity index (χ2v) is 5.85. The van der Waals surface area contributed by atoms with E-state index in [9.17, 15) is 4.79 Å². The minimum Gasteiger partial charge on any atom is -0.497 e. The van der Waals surface area contributed by atoms with Crippen molar-refractivity contribution >= 4 is 6.29 Å². The molecule has 1 unspecified atom stereocenters. The molecule has 2 rings (SSSR count). The molecule has 23 heavy (non-hydrogen) atoms. The van der Waals surface area contributed by atoms with E-state index in [1.807, 2.05) is 24.3 Å². The van der Waals surface area contributed by atoms with Crippen molar-refractivity contribution in [2.45, 2.75) is 19.0 Å². The Labute approximate surface area is 138 Å². The molecule has 1 aliphatic heterocycles. The van der Waals surface area contributed by atoms with Crippen LogP contribution in [-0.2, 0) is 16.2 Å². The lowest BCUT2D eigenvalue weighted by Gasteiger charge is -2.35. The average molecular weight is 321 g/mol. The van der Waals surface area contributed by atoms with Crippen LogP contribution in [-0.4, -0.2) is 69.1 Å². The van der Waals surface area contributed by atoms with E-state index in [0.717, 1.165) is 43.8 Å². The summed E-state index contributed by atoms with van der Waals surface area (Å²) in [6.45, 7) is 5.07. The van der Waals surface area contributed by atoms with E-state index in [-0.39, 0.29) is 6.04 Å². The van der Waals surface area contributed by atoms with Gasteiger partial charge in [0, 0.05) is 32.7 Å². The lowest BCUT2D eigenvalue weighted by Crippen LogP contribution is -2.49. The van der Waals surface area contributed by atoms with E-state index in [1.54, 1.807) is 7.11 Å². The number of hydrogen-bond acceptors (Lipinski definition) is 6. The Bertz CT molecular complexity index is 459. The lowest BCUT2D eigenvalue weighted by molar-refractivity contribution is -0.114. The van der Waals surface area contributed by atoms with Crippen molar-refractivity contribution in [3.8, 4) is 5.75 Å². The number of nitrogens with zero attached hydrogens (tertiary/aromatic N) is 2. The molecule has 1 aromatic rings. The molecule has 6 heteroatoms. The number of hydroxylamine groups is 1. The molecule has 0 aromatic heterocycles. The van der Waals surface area contributed by atoms with E-state index in [0.29, 0.717) is 19.6 Å². The summed E-state index contributed by atoms with van der Waals surface area (Å²) in [4.78, 5) is 21.3. The van der Waals surface area contributed by atoms with Gasteiger partial charge < -0.3 is 19.3 Å². The minimum atomic E-state index is -0.0495. The molecule has 1 aliphatic rings. The van der Waals surface area contributed by atoms with Crippen molar-refractivity contribution in [1.82, 2.24) is 15.3 Å². The maximum Gasteiger partial charge on any atom is 0.137 e. The molecule has 128 valence electrons. The van der Waals surface area contributed by atoms with Crippen LogP contribution >= 0.6 is 0 Å². The van der Waals surface area contributed by atoms with Gasteiger partial charge in [0.15, 0.2) is 0 Å². The molecule has 1 saturated heterocycles. The number of carbonyl (C=O) groups is 1. The van der Waals surface area contributed by atoms with Gasteiger partial charge in [0.1, 0.15) is 12.0 Å². The number of nitrogens with one attached hydrogen (secondary N) is 1. The van der Waals surface area contributed by atoms with Gasteiger partial charge in [-0.2, -0.15) is 5.48 Å². The second kappa shape index (κ2) is 9.62. The van der Waals surface area contributed by atoms with E-state index in [1.165, 1.54) is 0 Å². The van der Waals surface area contributed by atoms with Crippen LogP contribution in [0.3, 0.4) is 0 Å². The fourth-order valence-electron chi connectivity index (χ4n) is 2.62. The molecule has 1 aromatic carbocycles. The lowest BCUT2D eigenvalue weighted by atomic mass is 10.2. The van der Waals surface area contributed by atoms with Crippen LogP contribution in [0.15, 0.2) is 24.3 Å². The van der Waals surface area contributed by atoms with Crippen molar-refractivity contribution in [3.63, 3.8) is 0 Å². The molecule has 1 atom stereocenters. The highest BCUT2D eigenvalue weighted by atomic mass is 16.6. The fraction of sp³-hybridized carbons (Fsp3) is 0.588. The van der Waals surface area contributed by atoms with Crippen LogP contribution in [0.2, 0.25) is 0 Å². The summed E-state index contributed by atoms with van der Waals surface area (Å²) in [6.07, 6.45) is 1.75. The first kappa shape index (κ1) is 17.9. The summed E-state index contributed by atoms with van der Waals surface area (Å²) in [6, 6.07) is 7.78. The molecule has 0 amide bonds. The number of piperazine rings is 1. The zero-order valence-corrected chi connectivity index (χ0v) is 14.0. The molecule has 0 saturated carbocycles. The number of rotatable bonds is 9. The number of likely N-dealkylation sites (N-methyl/N-ethyl adjacent to an activating group) is 1. The fourth-order valence-corrected chi connectivity index (χ4v) is 2.62. The van der Waals surface area contributed by atoms with Crippen molar-refractivity contribution < 1.29 is 14.4 Å². The average Bonchev–Trinajstić information content (AvgIpc) is 2.60. The molecule has 0 aliphatic carbocycles. The summed E-state index contributed by atoms with van der Waals surface area (Å²) in [7, 11) is 3.76. The Morgan fingerprint density at radius 3 is 2.52 bits per heavy atom. The minimum absolute atomic E-state index is 0.0495. The summed E-state index contributed by atoms with van der Waals surface area (Å²) in [5.74, 6) is 0.843. The Hall–Kier alpha value is -1.47. The quantitative estimate of drug-likeness (QED) is 0.415. The number of hydrogen-bond donors (Lipinski definition) is 1. The Morgan fingerprint density at radius 2 is 1.91 bits per heavy atom. The van der Waals surface area contributed by atoms with Crippen LogP contribution in [0.25, 0.3) is 0 Å². The van der Waals surface area contributed by atoms with Crippen LogP contribution in [0.4, 0.5) is 0 Å². The highest BCUT2D eigenvalue weighted by molar-refractivity contribution is 5.57. The molecule has 1 heterocycles. The van der Waals surface area contributed by atoms with Crippen LogP contribution in [0.5, 0.6) is 5.75 Å². The summed E-state index contributed by atoms with van der Waals surface area (Å²) in [5.41, 5.74) is 4.07. The predicted octanol–water partition coefficient (Wildman–Crippen LogP) is 0.921. The number of methoxy groups -OCH3 is 1. The van der Waals surface area contributed by atoms with Gasteiger partial charge in [-0.05, 0) is 31.2 Å². The van der Waals surface area contributed by atoms with E-state index in [2.05, 4.69) is 22.3 Å². The van der Waals surface area contributed by atoms with Gasteiger partial charge in [-0.3, -0.25) is 4.90 Å². The second-order valence-electron chi connectivity index (χ2n) is 5.85. The maximum atomic E-state index is 11.3. The van der Waals surface area contributed by atoms with E-state index in [4.69, 9.17) is 9.57 Å². The zero-order valence-electron chi connectivity index (χ0n) is 14.0. The third kappa shape index (κ3) is 5.91. The zero-order chi connectivity index (χ0) is 16.5. The summed E-state index contributed by atoms with van der Waals surface area (Å²) in [5, 5.41) is 0. The predicted molar refractivity (Wildman–Crippen MR) is 89.3 cm³/mol. The summed E-state index contributed by atoms with van der Waals surface area (Å²) >= 11 is 0. The topological polar surface area (TPSA) is 54.0 Å². The molecular weight excluding hydrogens is 294 g/mol. The smallest absolute Gasteiger partial charge is 0.137 e. The highest BCUT2D eigenvalue weighted by Gasteiger charge is 2.21. The maximum absolute atomic E-state index is 11.3. The monoisotopic (exact) mass is 321 g/mol. The first-order chi connectivity index (χ1) is 11.2. The highest BCUT2D eigenvalue weighted by Crippen LogP contribution is 2.11. The van der Waals surface area contributed by atoms with Gasteiger partial charge in [0.2, 0.25) is 0 Å². The first-order valence-electron chi connectivity index (χ1n) is 8.08. The molecule has 1 fully saturated rings. The Morgan fingerprint density at radius 1 is 1.22 bits per heavy atom. The number of carbonyl (C=O) groups excluding carboxylic acids is 1. The number of aldehydes is 1. The largest absolute Gasteiger partial charge is 0.497 e. The SMILES string of the molecule is COc1ccc(CNOCCC(C=O)N2CCN(C)CC2)cc1. The van der Waals surface area contributed by atoms with Crippen LogP contribution in [0, 0.1) is 0 Å². The van der Waals surface area contributed by atoms with Crippen molar-refractivity contribution in [2.24, 2.45) is 0 Å². The van der Waals surface area contributed by atoms with Gasteiger partial charge in [0.25, 0.3) is 0 Å².